The number of rotatable bonds is 3. The Labute approximate surface area is 114 Å². The zero-order valence-corrected chi connectivity index (χ0v) is 12.2. The lowest BCUT2D eigenvalue weighted by Crippen LogP contribution is -2.45. The first kappa shape index (κ1) is 14.6. The van der Waals surface area contributed by atoms with E-state index in [1.54, 1.807) is 12.1 Å². The zero-order chi connectivity index (χ0) is 13.8. The highest BCUT2D eigenvalue weighted by atomic mass is 79.9. The molecule has 0 saturated carbocycles. The van der Waals surface area contributed by atoms with E-state index in [4.69, 9.17) is 0 Å². The van der Waals surface area contributed by atoms with Crippen molar-refractivity contribution in [3.63, 3.8) is 0 Å². The Bertz CT molecular complexity index is 438. The van der Waals surface area contributed by atoms with Crippen LogP contribution in [0.25, 0.3) is 0 Å². The largest absolute Gasteiger partial charge is 0.350 e. The number of hydrogen-bond acceptors (Lipinski definition) is 3. The monoisotopic (exact) mass is 313 g/mol. The molecule has 1 aromatic heterocycles. The zero-order valence-electron chi connectivity index (χ0n) is 10.6. The molecule has 5 nitrogen and oxygen atoms in total. The summed E-state index contributed by atoms with van der Waals surface area (Å²) in [4.78, 5) is 27.1. The predicted octanol–water partition coefficient (Wildman–Crippen LogP) is 1.49. The first-order chi connectivity index (χ1) is 8.28. The van der Waals surface area contributed by atoms with Gasteiger partial charge in [0.15, 0.2) is 0 Å². The van der Waals surface area contributed by atoms with E-state index in [9.17, 15) is 9.59 Å². The quantitative estimate of drug-likeness (QED) is 0.831. The van der Waals surface area contributed by atoms with E-state index in [2.05, 4.69) is 31.5 Å². The fraction of sp³-hybridized carbons (Fsp3) is 0.417. The van der Waals surface area contributed by atoms with Gasteiger partial charge < -0.3 is 10.6 Å². The van der Waals surface area contributed by atoms with Crippen LogP contribution in [0.3, 0.4) is 0 Å². The van der Waals surface area contributed by atoms with E-state index in [0.717, 1.165) is 0 Å². The number of carbonyl (C=O) groups is 2. The standard InChI is InChI=1S/C12H16BrN3O2/c1-12(2,3)16-10(17)7-15-11(18)8-4-5-9(13)14-6-8/h4-6H,7H2,1-3H3,(H,15,18)(H,16,17). The molecule has 0 aliphatic carbocycles. The highest BCUT2D eigenvalue weighted by Crippen LogP contribution is 2.06. The van der Waals surface area contributed by atoms with Crippen molar-refractivity contribution >= 4 is 27.7 Å². The summed E-state index contributed by atoms with van der Waals surface area (Å²) in [6, 6.07) is 3.30. The number of nitrogens with zero attached hydrogens (tertiary/aromatic N) is 1. The Morgan fingerprint density at radius 1 is 1.33 bits per heavy atom. The second-order valence-electron chi connectivity index (χ2n) is 4.85. The highest BCUT2D eigenvalue weighted by Gasteiger charge is 2.14. The topological polar surface area (TPSA) is 71.1 Å². The van der Waals surface area contributed by atoms with Gasteiger partial charge in [0.2, 0.25) is 5.91 Å². The first-order valence-corrected chi connectivity index (χ1v) is 6.28. The molecule has 0 spiro atoms. The van der Waals surface area contributed by atoms with Gasteiger partial charge in [0.25, 0.3) is 5.91 Å². The molecule has 0 aromatic carbocycles. The van der Waals surface area contributed by atoms with E-state index in [0.29, 0.717) is 10.2 Å². The molecule has 18 heavy (non-hydrogen) atoms. The lowest BCUT2D eigenvalue weighted by atomic mass is 10.1. The van der Waals surface area contributed by atoms with Crippen molar-refractivity contribution < 1.29 is 9.59 Å². The molecule has 0 unspecified atom stereocenters. The Hall–Kier alpha value is -1.43. The predicted molar refractivity (Wildman–Crippen MR) is 72.2 cm³/mol. The number of pyridine rings is 1. The van der Waals surface area contributed by atoms with Crippen LogP contribution in [0.2, 0.25) is 0 Å². The van der Waals surface area contributed by atoms with Crippen LogP contribution in [0.1, 0.15) is 31.1 Å². The van der Waals surface area contributed by atoms with Crippen molar-refractivity contribution in [1.82, 2.24) is 15.6 Å². The first-order valence-electron chi connectivity index (χ1n) is 5.49. The molecule has 98 valence electrons. The highest BCUT2D eigenvalue weighted by molar-refractivity contribution is 9.10. The number of halogens is 1. The number of aromatic nitrogens is 1. The van der Waals surface area contributed by atoms with Crippen LogP contribution in [-0.4, -0.2) is 28.9 Å². The van der Waals surface area contributed by atoms with Crippen LogP contribution < -0.4 is 10.6 Å². The van der Waals surface area contributed by atoms with Gasteiger partial charge in [-0.15, -0.1) is 0 Å². The van der Waals surface area contributed by atoms with Crippen LogP contribution in [-0.2, 0) is 4.79 Å². The summed E-state index contributed by atoms with van der Waals surface area (Å²) in [6.07, 6.45) is 1.45. The molecule has 2 amide bonds. The van der Waals surface area contributed by atoms with Crippen LogP contribution in [0.5, 0.6) is 0 Å². The van der Waals surface area contributed by atoms with Gasteiger partial charge in [-0.25, -0.2) is 4.98 Å². The minimum atomic E-state index is -0.320. The lowest BCUT2D eigenvalue weighted by molar-refractivity contribution is -0.121. The van der Waals surface area contributed by atoms with Crippen molar-refractivity contribution in [1.29, 1.82) is 0 Å². The minimum absolute atomic E-state index is 0.0494. The second-order valence-corrected chi connectivity index (χ2v) is 5.66. The summed E-state index contributed by atoms with van der Waals surface area (Å²) in [6.45, 7) is 5.59. The number of hydrogen-bond donors (Lipinski definition) is 2. The minimum Gasteiger partial charge on any atom is -0.350 e. The Kier molecular flexibility index (Phi) is 4.84. The van der Waals surface area contributed by atoms with Gasteiger partial charge in [0.05, 0.1) is 12.1 Å². The molecule has 0 fully saturated rings. The molecule has 0 bridgehead atoms. The van der Waals surface area contributed by atoms with Gasteiger partial charge in [0, 0.05) is 11.7 Å². The van der Waals surface area contributed by atoms with Crippen molar-refractivity contribution in [3.8, 4) is 0 Å². The molecule has 0 saturated heterocycles. The Morgan fingerprint density at radius 3 is 2.50 bits per heavy atom. The van der Waals surface area contributed by atoms with E-state index in [-0.39, 0.29) is 23.9 Å². The smallest absolute Gasteiger partial charge is 0.253 e. The summed E-state index contributed by atoms with van der Waals surface area (Å²) in [7, 11) is 0. The SMILES string of the molecule is CC(C)(C)NC(=O)CNC(=O)c1ccc(Br)nc1. The molecule has 1 rings (SSSR count). The maximum atomic E-state index is 11.7. The number of carbonyl (C=O) groups excluding carboxylic acids is 2. The van der Waals surface area contributed by atoms with Gasteiger partial charge in [-0.05, 0) is 48.8 Å². The van der Waals surface area contributed by atoms with Gasteiger partial charge >= 0.3 is 0 Å². The maximum absolute atomic E-state index is 11.7. The molecular formula is C12H16BrN3O2. The van der Waals surface area contributed by atoms with Crippen LogP contribution in [0, 0.1) is 0 Å². The third kappa shape index (κ3) is 5.27. The fourth-order valence-corrected chi connectivity index (χ4v) is 1.47. The molecule has 0 radical (unpaired) electrons. The number of amides is 2. The van der Waals surface area contributed by atoms with E-state index in [1.807, 2.05) is 20.8 Å². The fourth-order valence-electron chi connectivity index (χ4n) is 1.24. The van der Waals surface area contributed by atoms with Gasteiger partial charge in [-0.1, -0.05) is 0 Å². The summed E-state index contributed by atoms with van der Waals surface area (Å²) < 4.78 is 0.657. The lowest BCUT2D eigenvalue weighted by Gasteiger charge is -2.20. The van der Waals surface area contributed by atoms with Gasteiger partial charge in [-0.2, -0.15) is 0 Å². The summed E-state index contributed by atoms with van der Waals surface area (Å²) in [5.41, 5.74) is 0.114. The Morgan fingerprint density at radius 2 is 2.00 bits per heavy atom. The maximum Gasteiger partial charge on any atom is 0.253 e. The summed E-state index contributed by atoms with van der Waals surface area (Å²) >= 11 is 3.18. The van der Waals surface area contributed by atoms with Crippen LogP contribution >= 0.6 is 15.9 Å². The Balaban J connectivity index is 2.47. The average molecular weight is 314 g/mol. The van der Waals surface area contributed by atoms with Crippen molar-refractivity contribution in [2.75, 3.05) is 6.54 Å². The van der Waals surface area contributed by atoms with Crippen molar-refractivity contribution in [2.45, 2.75) is 26.3 Å². The molecule has 0 atom stereocenters. The normalized spacial score (nSPS) is 10.9. The van der Waals surface area contributed by atoms with Gasteiger partial charge in [0.1, 0.15) is 4.60 Å². The molecule has 0 aliphatic heterocycles. The molecule has 1 aromatic rings. The van der Waals surface area contributed by atoms with E-state index >= 15 is 0 Å². The van der Waals surface area contributed by atoms with E-state index in [1.165, 1.54) is 6.20 Å². The molecule has 0 aliphatic rings. The van der Waals surface area contributed by atoms with Gasteiger partial charge in [-0.3, -0.25) is 9.59 Å². The van der Waals surface area contributed by atoms with E-state index < -0.39 is 0 Å². The molecular weight excluding hydrogens is 298 g/mol. The summed E-state index contributed by atoms with van der Waals surface area (Å²) in [5, 5.41) is 5.29. The molecule has 2 N–H and O–H groups in total. The van der Waals surface area contributed by atoms with Crippen molar-refractivity contribution in [3.05, 3.63) is 28.5 Å². The van der Waals surface area contributed by atoms with Crippen LogP contribution in [0.4, 0.5) is 0 Å². The van der Waals surface area contributed by atoms with Crippen molar-refractivity contribution in [2.24, 2.45) is 0 Å². The molecule has 1 heterocycles. The third-order valence-corrected chi connectivity index (χ3v) is 2.38. The summed E-state index contributed by atoms with van der Waals surface area (Å²) in [5.74, 6) is -0.542. The second kappa shape index (κ2) is 5.95. The third-order valence-electron chi connectivity index (χ3n) is 1.91. The average Bonchev–Trinajstić information content (AvgIpc) is 2.24. The molecule has 6 heteroatoms. The van der Waals surface area contributed by atoms with Crippen LogP contribution in [0.15, 0.2) is 22.9 Å². The number of nitrogens with one attached hydrogen (secondary N) is 2.